The molecule has 1 atom stereocenters. The zero-order valence-electron chi connectivity index (χ0n) is 13.7. The quantitative estimate of drug-likeness (QED) is 0.562. The van der Waals surface area contributed by atoms with E-state index in [9.17, 15) is 19.5 Å². The molecule has 0 heterocycles. The summed E-state index contributed by atoms with van der Waals surface area (Å²) in [5.74, 6) is -3.61. The van der Waals surface area contributed by atoms with E-state index < -0.39 is 42.0 Å². The van der Waals surface area contributed by atoms with Crippen LogP contribution in [0.4, 0.5) is 0 Å². The molecule has 2 N–H and O–H groups in total. The van der Waals surface area contributed by atoms with Gasteiger partial charge < -0.3 is 19.7 Å². The number of carbonyl (C=O) groups excluding carboxylic acids is 1. The van der Waals surface area contributed by atoms with Crippen molar-refractivity contribution in [2.75, 3.05) is 6.61 Å². The van der Waals surface area contributed by atoms with E-state index in [1.165, 1.54) is 0 Å². The first-order valence-electron chi connectivity index (χ1n) is 7.39. The Balaban J connectivity index is 5.13. The monoisotopic (exact) mass is 318 g/mol. The maximum absolute atomic E-state index is 12.0. The standard InChI is InChI=1S/C15H26O7/c1-5-7-14(3,4)22-12(18)10-15(13(19)20,9-11(16)17)21-8-6-2/h5-10H2,1-4H3,(H,16,17)(H,19,20). The SMILES string of the molecule is CCCOC(CC(=O)O)(CC(=O)OC(C)(C)CCC)C(=O)O. The second-order valence-corrected chi connectivity index (χ2v) is 5.88. The molecule has 0 fully saturated rings. The van der Waals surface area contributed by atoms with Crippen LogP contribution >= 0.6 is 0 Å². The van der Waals surface area contributed by atoms with E-state index in [1.807, 2.05) is 6.92 Å². The third-order valence-corrected chi connectivity index (χ3v) is 3.08. The second-order valence-electron chi connectivity index (χ2n) is 5.88. The summed E-state index contributed by atoms with van der Waals surface area (Å²) in [4.78, 5) is 34.5. The summed E-state index contributed by atoms with van der Waals surface area (Å²) >= 11 is 0. The first-order chi connectivity index (χ1) is 10.1. The molecule has 0 aliphatic rings. The topological polar surface area (TPSA) is 110 Å². The Kier molecular flexibility index (Phi) is 8.08. The van der Waals surface area contributed by atoms with Crippen LogP contribution in [0.15, 0.2) is 0 Å². The lowest BCUT2D eigenvalue weighted by molar-refractivity contribution is -0.183. The van der Waals surface area contributed by atoms with Gasteiger partial charge in [0.25, 0.3) is 0 Å². The highest BCUT2D eigenvalue weighted by Gasteiger charge is 2.45. The molecule has 128 valence electrons. The lowest BCUT2D eigenvalue weighted by atomic mass is 9.94. The number of rotatable bonds is 11. The fraction of sp³-hybridized carbons (Fsp3) is 0.800. The normalized spacial score (nSPS) is 14.2. The fourth-order valence-corrected chi connectivity index (χ4v) is 2.15. The van der Waals surface area contributed by atoms with Gasteiger partial charge in [0, 0.05) is 6.61 Å². The van der Waals surface area contributed by atoms with Crippen molar-refractivity contribution in [2.45, 2.75) is 71.0 Å². The van der Waals surface area contributed by atoms with Gasteiger partial charge in [-0.3, -0.25) is 9.59 Å². The molecule has 0 aliphatic heterocycles. The van der Waals surface area contributed by atoms with Crippen molar-refractivity contribution in [1.29, 1.82) is 0 Å². The van der Waals surface area contributed by atoms with Crippen molar-refractivity contribution in [1.82, 2.24) is 0 Å². The van der Waals surface area contributed by atoms with Crippen LogP contribution in [0.3, 0.4) is 0 Å². The largest absolute Gasteiger partial charge is 0.481 e. The van der Waals surface area contributed by atoms with Crippen LogP contribution in [0.5, 0.6) is 0 Å². The fourth-order valence-electron chi connectivity index (χ4n) is 2.15. The van der Waals surface area contributed by atoms with Gasteiger partial charge in [0.2, 0.25) is 0 Å². The summed E-state index contributed by atoms with van der Waals surface area (Å²) in [6.45, 7) is 7.19. The molecular weight excluding hydrogens is 292 g/mol. The van der Waals surface area contributed by atoms with Crippen molar-refractivity contribution in [3.05, 3.63) is 0 Å². The molecule has 7 heteroatoms. The third-order valence-electron chi connectivity index (χ3n) is 3.08. The van der Waals surface area contributed by atoms with Gasteiger partial charge in [-0.1, -0.05) is 20.3 Å². The number of esters is 1. The van der Waals surface area contributed by atoms with E-state index in [2.05, 4.69) is 0 Å². The highest BCUT2D eigenvalue weighted by molar-refractivity contribution is 5.89. The van der Waals surface area contributed by atoms with Crippen LogP contribution < -0.4 is 0 Å². The van der Waals surface area contributed by atoms with Crippen molar-refractivity contribution in [2.24, 2.45) is 0 Å². The van der Waals surface area contributed by atoms with E-state index in [0.717, 1.165) is 6.42 Å². The zero-order chi connectivity index (χ0) is 17.4. The maximum Gasteiger partial charge on any atom is 0.337 e. The molecule has 0 bridgehead atoms. The lowest BCUT2D eigenvalue weighted by Crippen LogP contribution is -2.47. The van der Waals surface area contributed by atoms with Crippen LogP contribution in [0.2, 0.25) is 0 Å². The molecule has 0 amide bonds. The maximum atomic E-state index is 12.0. The molecule has 0 saturated heterocycles. The van der Waals surface area contributed by atoms with Crippen LogP contribution in [-0.4, -0.2) is 45.9 Å². The molecule has 7 nitrogen and oxygen atoms in total. The van der Waals surface area contributed by atoms with E-state index in [1.54, 1.807) is 20.8 Å². The minimum atomic E-state index is -2.10. The van der Waals surface area contributed by atoms with Crippen LogP contribution in [0.1, 0.15) is 59.8 Å². The number of carbonyl (C=O) groups is 3. The Bertz CT molecular complexity index is 403. The van der Waals surface area contributed by atoms with E-state index >= 15 is 0 Å². The Morgan fingerprint density at radius 2 is 1.59 bits per heavy atom. The molecule has 0 aliphatic carbocycles. The molecule has 0 aromatic heterocycles. The number of ether oxygens (including phenoxy) is 2. The van der Waals surface area contributed by atoms with E-state index in [-0.39, 0.29) is 6.61 Å². The van der Waals surface area contributed by atoms with Crippen molar-refractivity contribution < 1.29 is 34.1 Å². The highest BCUT2D eigenvalue weighted by Crippen LogP contribution is 2.25. The Morgan fingerprint density at radius 3 is 2.00 bits per heavy atom. The average Bonchev–Trinajstić information content (AvgIpc) is 2.33. The summed E-state index contributed by atoms with van der Waals surface area (Å²) in [5, 5.41) is 18.3. The average molecular weight is 318 g/mol. The number of carboxylic acids is 2. The Morgan fingerprint density at radius 1 is 1.00 bits per heavy atom. The summed E-state index contributed by atoms with van der Waals surface area (Å²) in [6, 6.07) is 0. The molecular formula is C15H26O7. The van der Waals surface area contributed by atoms with Crippen LogP contribution in [-0.2, 0) is 23.9 Å². The zero-order valence-corrected chi connectivity index (χ0v) is 13.7. The summed E-state index contributed by atoms with van der Waals surface area (Å²) in [7, 11) is 0. The molecule has 0 aromatic rings. The predicted octanol–water partition coefficient (Wildman–Crippen LogP) is 2.22. The van der Waals surface area contributed by atoms with Gasteiger partial charge in [0.15, 0.2) is 5.60 Å². The molecule has 1 unspecified atom stereocenters. The van der Waals surface area contributed by atoms with Crippen LogP contribution in [0, 0.1) is 0 Å². The van der Waals surface area contributed by atoms with Crippen molar-refractivity contribution >= 4 is 17.9 Å². The number of aliphatic carboxylic acids is 2. The second kappa shape index (κ2) is 8.73. The summed E-state index contributed by atoms with van der Waals surface area (Å²) in [5.41, 5.74) is -2.83. The first kappa shape index (κ1) is 20.4. The minimum absolute atomic E-state index is 0.0468. The Labute approximate surface area is 130 Å². The summed E-state index contributed by atoms with van der Waals surface area (Å²) < 4.78 is 10.5. The smallest absolute Gasteiger partial charge is 0.337 e. The molecule has 22 heavy (non-hydrogen) atoms. The van der Waals surface area contributed by atoms with E-state index in [0.29, 0.717) is 12.8 Å². The minimum Gasteiger partial charge on any atom is -0.481 e. The van der Waals surface area contributed by atoms with Gasteiger partial charge in [-0.15, -0.1) is 0 Å². The lowest BCUT2D eigenvalue weighted by Gasteiger charge is -2.30. The molecule has 0 aromatic carbocycles. The highest BCUT2D eigenvalue weighted by atomic mass is 16.6. The molecule has 0 rings (SSSR count). The van der Waals surface area contributed by atoms with E-state index in [4.69, 9.17) is 14.6 Å². The van der Waals surface area contributed by atoms with Gasteiger partial charge in [0.1, 0.15) is 5.60 Å². The van der Waals surface area contributed by atoms with Gasteiger partial charge in [-0.05, 0) is 26.7 Å². The van der Waals surface area contributed by atoms with Gasteiger partial charge >= 0.3 is 17.9 Å². The number of hydrogen-bond donors (Lipinski definition) is 2. The number of hydrogen-bond acceptors (Lipinski definition) is 5. The molecule has 0 radical (unpaired) electrons. The molecule has 0 saturated carbocycles. The van der Waals surface area contributed by atoms with Gasteiger partial charge in [0.05, 0.1) is 12.8 Å². The molecule has 0 spiro atoms. The van der Waals surface area contributed by atoms with Gasteiger partial charge in [-0.2, -0.15) is 0 Å². The van der Waals surface area contributed by atoms with Crippen molar-refractivity contribution in [3.8, 4) is 0 Å². The van der Waals surface area contributed by atoms with Gasteiger partial charge in [-0.25, -0.2) is 4.79 Å². The van der Waals surface area contributed by atoms with Crippen LogP contribution in [0.25, 0.3) is 0 Å². The first-order valence-corrected chi connectivity index (χ1v) is 7.39. The Hall–Kier alpha value is -1.63. The number of carboxylic acid groups (broad SMARTS) is 2. The summed E-state index contributed by atoms with van der Waals surface area (Å²) in [6.07, 6.45) is 0.484. The third kappa shape index (κ3) is 6.89. The van der Waals surface area contributed by atoms with Crippen molar-refractivity contribution in [3.63, 3.8) is 0 Å². The predicted molar refractivity (Wildman–Crippen MR) is 78.6 cm³/mol.